The third-order valence-corrected chi connectivity index (χ3v) is 5.11. The Morgan fingerprint density at radius 3 is 2.70 bits per heavy atom. The number of nitrogens with zero attached hydrogens (tertiary/aromatic N) is 4. The predicted molar refractivity (Wildman–Crippen MR) is 131 cm³/mol. The van der Waals surface area contributed by atoms with Crippen LogP contribution in [0.5, 0.6) is 0 Å². The van der Waals surface area contributed by atoms with Gasteiger partial charge in [-0.05, 0) is 57.7 Å². The predicted octanol–water partition coefficient (Wildman–Crippen LogP) is 2.97. The zero-order chi connectivity index (χ0) is 20.9. The molecule has 1 aromatic rings. The Bertz CT molecular complexity index is 730. The van der Waals surface area contributed by atoms with E-state index in [0.717, 1.165) is 37.8 Å². The van der Waals surface area contributed by atoms with Crippen molar-refractivity contribution in [3.63, 3.8) is 0 Å². The molecule has 2 aliphatic heterocycles. The lowest BCUT2D eigenvalue weighted by Gasteiger charge is -2.23. The maximum absolute atomic E-state index is 12.0. The zero-order valence-electron chi connectivity index (χ0n) is 18.5. The summed E-state index contributed by atoms with van der Waals surface area (Å²) in [6.07, 6.45) is 4.87. The molecule has 2 fully saturated rings. The number of likely N-dealkylation sites (tertiary alicyclic amines) is 1. The van der Waals surface area contributed by atoms with Crippen molar-refractivity contribution in [1.29, 1.82) is 0 Å². The first-order valence-electron chi connectivity index (χ1n) is 10.5. The topological polar surface area (TPSA) is 82.1 Å². The van der Waals surface area contributed by atoms with E-state index >= 15 is 0 Å². The summed E-state index contributed by atoms with van der Waals surface area (Å²) in [6, 6.07) is 4.25. The molecule has 1 aromatic heterocycles. The Morgan fingerprint density at radius 1 is 1.30 bits per heavy atom. The highest BCUT2D eigenvalue weighted by molar-refractivity contribution is 14.0. The molecule has 1 amide bonds. The van der Waals surface area contributed by atoms with E-state index in [2.05, 4.69) is 36.5 Å². The summed E-state index contributed by atoms with van der Waals surface area (Å²) in [7, 11) is 1.79. The van der Waals surface area contributed by atoms with Crippen LogP contribution in [0.15, 0.2) is 23.3 Å². The first-order chi connectivity index (χ1) is 13.8. The van der Waals surface area contributed by atoms with Crippen LogP contribution >= 0.6 is 24.0 Å². The highest BCUT2D eigenvalue weighted by Gasteiger charge is 2.27. The Hall–Kier alpha value is -1.78. The fraction of sp³-hybridized carbons (Fsp3) is 0.667. The molecular weight excluding hydrogens is 495 g/mol. The van der Waals surface area contributed by atoms with Gasteiger partial charge >= 0.3 is 6.09 Å². The Labute approximate surface area is 196 Å². The van der Waals surface area contributed by atoms with Gasteiger partial charge in [0.2, 0.25) is 0 Å². The number of alkyl carbamates (subject to hydrolysis) is 1. The van der Waals surface area contributed by atoms with E-state index in [1.165, 1.54) is 18.4 Å². The second kappa shape index (κ2) is 11.0. The molecule has 8 nitrogen and oxygen atoms in total. The standard InChI is InChI=1S/C21H34N6O2.HI/c1-21(2,3)29-20(28)25-17-8-12-27(15-17)19(22-4)24-14-16-7-9-23-18(13-16)26-10-5-6-11-26;/h7,9,13,17H,5-6,8,10-12,14-15H2,1-4H3,(H,22,24)(H,25,28);1H. The summed E-state index contributed by atoms with van der Waals surface area (Å²) in [5.41, 5.74) is 0.698. The van der Waals surface area contributed by atoms with Gasteiger partial charge < -0.3 is 25.2 Å². The van der Waals surface area contributed by atoms with Gasteiger partial charge in [-0.2, -0.15) is 0 Å². The van der Waals surface area contributed by atoms with Gasteiger partial charge in [-0.25, -0.2) is 9.78 Å². The summed E-state index contributed by atoms with van der Waals surface area (Å²) in [5.74, 6) is 1.90. The van der Waals surface area contributed by atoms with Gasteiger partial charge in [0.1, 0.15) is 11.4 Å². The molecule has 0 aromatic carbocycles. The largest absolute Gasteiger partial charge is 0.444 e. The van der Waals surface area contributed by atoms with Crippen molar-refractivity contribution in [3.05, 3.63) is 23.9 Å². The third kappa shape index (κ3) is 7.17. The van der Waals surface area contributed by atoms with Crippen LogP contribution in [0.3, 0.4) is 0 Å². The van der Waals surface area contributed by atoms with Crippen LogP contribution in [-0.2, 0) is 11.3 Å². The number of ether oxygens (including phenoxy) is 1. The number of amides is 1. The number of nitrogens with one attached hydrogen (secondary N) is 2. The minimum Gasteiger partial charge on any atom is -0.444 e. The van der Waals surface area contributed by atoms with Crippen molar-refractivity contribution in [2.24, 2.45) is 4.99 Å². The molecule has 1 unspecified atom stereocenters. The van der Waals surface area contributed by atoms with E-state index in [1.807, 2.05) is 33.0 Å². The average Bonchev–Trinajstić information content (AvgIpc) is 3.33. The number of pyridine rings is 1. The summed E-state index contributed by atoms with van der Waals surface area (Å²) in [4.78, 5) is 25.4. The molecule has 2 aliphatic rings. The molecule has 30 heavy (non-hydrogen) atoms. The molecule has 0 bridgehead atoms. The maximum Gasteiger partial charge on any atom is 0.407 e. The second-order valence-corrected chi connectivity index (χ2v) is 8.70. The van der Waals surface area contributed by atoms with Crippen LogP contribution in [0.1, 0.15) is 45.6 Å². The first-order valence-corrected chi connectivity index (χ1v) is 10.5. The number of rotatable bonds is 4. The number of carbonyl (C=O) groups is 1. The van der Waals surface area contributed by atoms with E-state index < -0.39 is 5.60 Å². The van der Waals surface area contributed by atoms with Crippen molar-refractivity contribution in [2.45, 2.75) is 58.2 Å². The minimum absolute atomic E-state index is 0. The number of aromatic nitrogens is 1. The Morgan fingerprint density at radius 2 is 2.03 bits per heavy atom. The normalized spacial score (nSPS) is 19.5. The zero-order valence-corrected chi connectivity index (χ0v) is 20.8. The molecular formula is C21H35IN6O2. The van der Waals surface area contributed by atoms with E-state index in [4.69, 9.17) is 4.74 Å². The van der Waals surface area contributed by atoms with Crippen molar-refractivity contribution < 1.29 is 9.53 Å². The Balaban J connectivity index is 0.00000320. The average molecular weight is 530 g/mol. The van der Waals surface area contributed by atoms with Crippen LogP contribution < -0.4 is 15.5 Å². The number of guanidine groups is 1. The van der Waals surface area contributed by atoms with Crippen LogP contribution in [0.4, 0.5) is 10.6 Å². The lowest BCUT2D eigenvalue weighted by Crippen LogP contribution is -2.44. The van der Waals surface area contributed by atoms with E-state index in [-0.39, 0.29) is 36.1 Å². The number of hydrogen-bond acceptors (Lipinski definition) is 5. The quantitative estimate of drug-likeness (QED) is 0.354. The first kappa shape index (κ1) is 24.5. The van der Waals surface area contributed by atoms with Gasteiger partial charge in [0.25, 0.3) is 0 Å². The van der Waals surface area contributed by atoms with Crippen molar-refractivity contribution in [3.8, 4) is 0 Å². The van der Waals surface area contributed by atoms with E-state index in [0.29, 0.717) is 13.1 Å². The molecule has 0 radical (unpaired) electrons. The number of halogens is 1. The van der Waals surface area contributed by atoms with Gasteiger partial charge in [-0.15, -0.1) is 24.0 Å². The van der Waals surface area contributed by atoms with Gasteiger partial charge in [0.15, 0.2) is 5.96 Å². The maximum atomic E-state index is 12.0. The molecule has 168 valence electrons. The lowest BCUT2D eigenvalue weighted by atomic mass is 10.2. The van der Waals surface area contributed by atoms with Crippen molar-refractivity contribution >= 4 is 41.8 Å². The van der Waals surface area contributed by atoms with Gasteiger partial charge in [0, 0.05) is 46.0 Å². The minimum atomic E-state index is -0.488. The molecule has 2 saturated heterocycles. The second-order valence-electron chi connectivity index (χ2n) is 8.70. The monoisotopic (exact) mass is 530 g/mol. The molecule has 0 aliphatic carbocycles. The lowest BCUT2D eigenvalue weighted by molar-refractivity contribution is 0.0507. The fourth-order valence-electron chi connectivity index (χ4n) is 3.75. The SMILES string of the molecule is CN=C(NCc1ccnc(N2CCCC2)c1)N1CCC(NC(=O)OC(C)(C)C)C1.I. The number of carbonyl (C=O) groups excluding carboxylic acids is 1. The van der Waals surface area contributed by atoms with Crippen LogP contribution in [0.25, 0.3) is 0 Å². The summed E-state index contributed by atoms with van der Waals surface area (Å²) >= 11 is 0. The number of anilines is 1. The number of aliphatic imine (C=N–C) groups is 1. The smallest absolute Gasteiger partial charge is 0.407 e. The molecule has 0 spiro atoms. The highest BCUT2D eigenvalue weighted by atomic mass is 127. The summed E-state index contributed by atoms with van der Waals surface area (Å²) in [5, 5.41) is 6.40. The fourth-order valence-corrected chi connectivity index (χ4v) is 3.75. The third-order valence-electron chi connectivity index (χ3n) is 5.11. The van der Waals surface area contributed by atoms with Gasteiger partial charge in [-0.3, -0.25) is 4.99 Å². The molecule has 2 N–H and O–H groups in total. The van der Waals surface area contributed by atoms with Crippen LogP contribution in [0.2, 0.25) is 0 Å². The van der Waals surface area contributed by atoms with Gasteiger partial charge in [-0.1, -0.05) is 0 Å². The van der Waals surface area contributed by atoms with Crippen molar-refractivity contribution in [1.82, 2.24) is 20.5 Å². The molecule has 9 heteroatoms. The van der Waals surface area contributed by atoms with Crippen molar-refractivity contribution in [2.75, 3.05) is 38.1 Å². The van der Waals surface area contributed by atoms with Gasteiger partial charge in [0.05, 0.1) is 6.04 Å². The van der Waals surface area contributed by atoms with E-state index in [9.17, 15) is 4.79 Å². The molecule has 3 heterocycles. The van der Waals surface area contributed by atoms with Crippen LogP contribution in [0, 0.1) is 0 Å². The molecule has 1 atom stereocenters. The summed E-state index contributed by atoms with van der Waals surface area (Å²) in [6.45, 7) is 10.0. The summed E-state index contributed by atoms with van der Waals surface area (Å²) < 4.78 is 5.36. The molecule has 0 saturated carbocycles. The number of hydrogen-bond donors (Lipinski definition) is 2. The van der Waals surface area contributed by atoms with Crippen LogP contribution in [-0.4, -0.2) is 66.8 Å². The van der Waals surface area contributed by atoms with E-state index in [1.54, 1.807) is 7.05 Å². The Kier molecular flexibility index (Phi) is 8.99. The highest BCUT2D eigenvalue weighted by Crippen LogP contribution is 2.18. The molecule has 3 rings (SSSR count).